The van der Waals surface area contributed by atoms with Crippen LogP contribution >= 0.6 is 11.8 Å². The zero-order chi connectivity index (χ0) is 16.7. The van der Waals surface area contributed by atoms with Gasteiger partial charge < -0.3 is 14.5 Å². The van der Waals surface area contributed by atoms with E-state index in [1.165, 1.54) is 11.8 Å². The molecule has 0 radical (unpaired) electrons. The summed E-state index contributed by atoms with van der Waals surface area (Å²) in [5.41, 5.74) is 0. The van der Waals surface area contributed by atoms with E-state index in [4.69, 9.17) is 4.74 Å². The second-order valence-electron chi connectivity index (χ2n) is 6.04. The highest BCUT2D eigenvalue weighted by molar-refractivity contribution is 8.02. The van der Waals surface area contributed by atoms with Crippen LogP contribution in [-0.4, -0.2) is 66.9 Å². The van der Waals surface area contributed by atoms with Crippen LogP contribution in [-0.2, 0) is 4.74 Å². The molecule has 0 aromatic heterocycles. The number of likely N-dealkylation sites (N-methyl/N-ethyl adjacent to an activating group) is 2. The van der Waals surface area contributed by atoms with Crippen molar-refractivity contribution < 1.29 is 9.66 Å². The van der Waals surface area contributed by atoms with E-state index >= 15 is 0 Å². The van der Waals surface area contributed by atoms with E-state index in [1.54, 1.807) is 0 Å². The second kappa shape index (κ2) is 9.37. The molecule has 0 aromatic rings. The number of nitro groups is 1. The van der Waals surface area contributed by atoms with Gasteiger partial charge in [-0.25, -0.2) is 0 Å². The van der Waals surface area contributed by atoms with E-state index in [-0.39, 0.29) is 11.0 Å². The van der Waals surface area contributed by atoms with Crippen molar-refractivity contribution in [2.75, 3.05) is 46.2 Å². The minimum absolute atomic E-state index is 0.219. The molecule has 1 rings (SSSR count). The average molecular weight is 331 g/mol. The number of thioether (sulfide) groups is 1. The number of nitrogens with zero attached hydrogens (tertiary/aromatic N) is 3. The minimum atomic E-state index is -0.385. The van der Waals surface area contributed by atoms with Gasteiger partial charge in [0.25, 0.3) is 6.20 Å². The lowest BCUT2D eigenvalue weighted by molar-refractivity contribution is -0.403. The smallest absolute Gasteiger partial charge is 0.264 e. The first-order valence-electron chi connectivity index (χ1n) is 7.81. The van der Waals surface area contributed by atoms with Crippen LogP contribution in [0.5, 0.6) is 0 Å². The molecule has 1 aliphatic rings. The molecule has 0 saturated carbocycles. The average Bonchev–Trinajstić information content (AvgIpc) is 2.88. The normalized spacial score (nSPS) is 23.8. The van der Waals surface area contributed by atoms with Gasteiger partial charge in [-0.15, -0.1) is 11.8 Å². The summed E-state index contributed by atoms with van der Waals surface area (Å²) in [5.74, 6) is 1.20. The van der Waals surface area contributed by atoms with Crippen molar-refractivity contribution in [2.24, 2.45) is 11.8 Å². The van der Waals surface area contributed by atoms with E-state index in [0.29, 0.717) is 16.9 Å². The molecule has 0 bridgehead atoms. The van der Waals surface area contributed by atoms with Crippen molar-refractivity contribution in [1.82, 2.24) is 9.80 Å². The summed E-state index contributed by atoms with van der Waals surface area (Å²) in [6.45, 7) is 11.1. The Kier molecular flexibility index (Phi) is 8.20. The first-order valence-corrected chi connectivity index (χ1v) is 9.03. The van der Waals surface area contributed by atoms with Crippen LogP contribution in [0, 0.1) is 22.0 Å². The summed E-state index contributed by atoms with van der Waals surface area (Å²) in [6, 6.07) is 0.219. The second-order valence-corrected chi connectivity index (χ2v) is 6.87. The van der Waals surface area contributed by atoms with Gasteiger partial charge in [-0.3, -0.25) is 10.1 Å². The number of ether oxygens (including phenoxy) is 1. The van der Waals surface area contributed by atoms with Crippen molar-refractivity contribution in [3.63, 3.8) is 0 Å². The van der Waals surface area contributed by atoms with Gasteiger partial charge in [0.15, 0.2) is 0 Å². The molecule has 22 heavy (non-hydrogen) atoms. The molecule has 7 heteroatoms. The molecule has 6 nitrogen and oxygen atoms in total. The molecule has 0 spiro atoms. The van der Waals surface area contributed by atoms with Gasteiger partial charge >= 0.3 is 0 Å². The first kappa shape index (κ1) is 19.3. The number of hydrogen-bond donors (Lipinski definition) is 0. The molecule has 0 amide bonds. The summed E-state index contributed by atoms with van der Waals surface area (Å²) in [6.07, 6.45) is 2.96. The minimum Gasteiger partial charge on any atom is -0.381 e. The predicted octanol–water partition coefficient (Wildman–Crippen LogP) is 2.35. The van der Waals surface area contributed by atoms with Crippen molar-refractivity contribution in [3.05, 3.63) is 21.3 Å². The Balaban J connectivity index is 2.59. The lowest BCUT2D eigenvalue weighted by Gasteiger charge is -2.33. The number of hydrogen-bond acceptors (Lipinski definition) is 6. The molecule has 1 saturated heterocycles. The van der Waals surface area contributed by atoms with Gasteiger partial charge in [-0.05, 0) is 31.6 Å². The topological polar surface area (TPSA) is 58.8 Å². The summed E-state index contributed by atoms with van der Waals surface area (Å²) < 4.78 is 5.54. The Morgan fingerprint density at radius 3 is 2.68 bits per heavy atom. The van der Waals surface area contributed by atoms with E-state index in [0.717, 1.165) is 39.0 Å². The molecular formula is C15H29N3O3S. The van der Waals surface area contributed by atoms with Gasteiger partial charge in [0.2, 0.25) is 0 Å². The van der Waals surface area contributed by atoms with Crippen LogP contribution in [0.15, 0.2) is 11.2 Å². The van der Waals surface area contributed by atoms with Crippen LogP contribution < -0.4 is 0 Å². The monoisotopic (exact) mass is 331 g/mol. The molecule has 0 N–H and O–H groups in total. The molecule has 0 aromatic carbocycles. The Hall–Kier alpha value is -0.790. The van der Waals surface area contributed by atoms with Crippen LogP contribution in [0.25, 0.3) is 0 Å². The third-order valence-electron chi connectivity index (χ3n) is 4.41. The fourth-order valence-corrected chi connectivity index (χ4v) is 3.35. The fourth-order valence-electron chi connectivity index (χ4n) is 2.69. The molecule has 1 heterocycles. The molecule has 128 valence electrons. The van der Waals surface area contributed by atoms with E-state index in [1.807, 2.05) is 18.2 Å². The van der Waals surface area contributed by atoms with Crippen molar-refractivity contribution in [3.8, 4) is 0 Å². The summed E-state index contributed by atoms with van der Waals surface area (Å²) in [7, 11) is 1.92. The van der Waals surface area contributed by atoms with Gasteiger partial charge in [-0.2, -0.15) is 0 Å². The van der Waals surface area contributed by atoms with Gasteiger partial charge in [0, 0.05) is 32.8 Å². The van der Waals surface area contributed by atoms with Gasteiger partial charge in [0.1, 0.15) is 5.03 Å². The van der Waals surface area contributed by atoms with Crippen LogP contribution in [0.1, 0.15) is 20.8 Å². The summed E-state index contributed by atoms with van der Waals surface area (Å²) >= 11 is 1.41. The highest BCUT2D eigenvalue weighted by Gasteiger charge is 2.27. The molecule has 3 atom stereocenters. The SMILES string of the molecule is CCN(CC1COCC1C)CC(C)N(C)C(=C[N+](=O)[O-])SC. The quantitative estimate of drug-likeness (QED) is 0.477. The molecular weight excluding hydrogens is 302 g/mol. The van der Waals surface area contributed by atoms with E-state index in [9.17, 15) is 10.1 Å². The standard InChI is InChI=1S/C15H29N3O3S/c1-6-17(8-14-11-21-10-12(14)2)7-13(3)16(4)15(22-5)9-18(19)20/h9,12-14H,6-8,10-11H2,1-5H3. The molecule has 3 unspecified atom stereocenters. The Morgan fingerprint density at radius 1 is 1.55 bits per heavy atom. The third kappa shape index (κ3) is 5.78. The van der Waals surface area contributed by atoms with Gasteiger partial charge in [-0.1, -0.05) is 13.8 Å². The lowest BCUT2D eigenvalue weighted by Crippen LogP contribution is -2.42. The van der Waals surface area contributed by atoms with Crippen molar-refractivity contribution in [1.29, 1.82) is 0 Å². The predicted molar refractivity (Wildman–Crippen MR) is 91.4 cm³/mol. The highest BCUT2D eigenvalue weighted by atomic mass is 32.2. The maximum atomic E-state index is 10.7. The maximum absolute atomic E-state index is 10.7. The third-order valence-corrected chi connectivity index (χ3v) is 5.23. The zero-order valence-corrected chi connectivity index (χ0v) is 15.1. The van der Waals surface area contributed by atoms with Crippen LogP contribution in [0.3, 0.4) is 0 Å². The highest BCUT2D eigenvalue weighted by Crippen LogP contribution is 2.22. The Morgan fingerprint density at radius 2 is 2.23 bits per heavy atom. The Bertz CT molecular complexity index is 392. The van der Waals surface area contributed by atoms with E-state index < -0.39 is 0 Å². The fraction of sp³-hybridized carbons (Fsp3) is 0.867. The van der Waals surface area contributed by atoms with Crippen LogP contribution in [0.2, 0.25) is 0 Å². The molecule has 1 fully saturated rings. The maximum Gasteiger partial charge on any atom is 0.264 e. The molecule has 0 aliphatic carbocycles. The van der Waals surface area contributed by atoms with Crippen molar-refractivity contribution in [2.45, 2.75) is 26.8 Å². The summed E-state index contributed by atoms with van der Waals surface area (Å²) in [5, 5.41) is 11.4. The van der Waals surface area contributed by atoms with Crippen LogP contribution in [0.4, 0.5) is 0 Å². The van der Waals surface area contributed by atoms with Gasteiger partial charge in [0.05, 0.1) is 11.5 Å². The zero-order valence-electron chi connectivity index (χ0n) is 14.3. The molecule has 1 aliphatic heterocycles. The lowest BCUT2D eigenvalue weighted by atomic mass is 9.97. The summed E-state index contributed by atoms with van der Waals surface area (Å²) in [4.78, 5) is 14.7. The van der Waals surface area contributed by atoms with E-state index in [2.05, 4.69) is 25.7 Å². The van der Waals surface area contributed by atoms with Crippen molar-refractivity contribution >= 4 is 11.8 Å². The number of rotatable bonds is 9. The Labute approximate surface area is 138 Å². The first-order chi connectivity index (χ1) is 10.4. The largest absolute Gasteiger partial charge is 0.381 e.